The van der Waals surface area contributed by atoms with Gasteiger partial charge >= 0.3 is 12.4 Å². The highest BCUT2D eigenvalue weighted by Gasteiger charge is 2.36. The molecule has 0 aliphatic carbocycles. The van der Waals surface area contributed by atoms with Crippen molar-refractivity contribution in [3.63, 3.8) is 0 Å². The van der Waals surface area contributed by atoms with E-state index in [4.69, 9.17) is 0 Å². The number of aromatic nitrogens is 1. The quantitative estimate of drug-likeness (QED) is 0.484. The molecule has 3 aromatic rings. The van der Waals surface area contributed by atoms with Gasteiger partial charge in [-0.3, -0.25) is 0 Å². The molecule has 0 spiro atoms. The van der Waals surface area contributed by atoms with Gasteiger partial charge in [-0.25, -0.2) is 0 Å². The number of rotatable bonds is 2. The van der Waals surface area contributed by atoms with Crippen LogP contribution in [0.1, 0.15) is 11.1 Å². The van der Waals surface area contributed by atoms with Gasteiger partial charge in [0.15, 0.2) is 0 Å². The Hall–Kier alpha value is -2.70. The molecule has 0 atom stereocenters. The first kappa shape index (κ1) is 17.1. The largest absolute Gasteiger partial charge is 0.416 e. The molecule has 0 fully saturated rings. The molecule has 25 heavy (non-hydrogen) atoms. The van der Waals surface area contributed by atoms with Crippen molar-refractivity contribution in [1.29, 1.82) is 0 Å². The molecular weight excluding hydrogens is 344 g/mol. The van der Waals surface area contributed by atoms with Crippen LogP contribution in [0.5, 0.6) is 0 Å². The second-order valence-corrected chi connectivity index (χ2v) is 5.43. The number of benzene rings is 2. The van der Waals surface area contributed by atoms with E-state index < -0.39 is 23.5 Å². The van der Waals surface area contributed by atoms with Gasteiger partial charge in [-0.1, -0.05) is 12.1 Å². The summed E-state index contributed by atoms with van der Waals surface area (Å²) in [7, 11) is 0. The van der Waals surface area contributed by atoms with E-state index in [9.17, 15) is 26.3 Å². The Labute approximate surface area is 139 Å². The van der Waals surface area contributed by atoms with E-state index >= 15 is 0 Å². The summed E-state index contributed by atoms with van der Waals surface area (Å²) in [6, 6.07) is 11.4. The second-order valence-electron chi connectivity index (χ2n) is 5.43. The van der Waals surface area contributed by atoms with Gasteiger partial charge in [0.1, 0.15) is 0 Å². The normalized spacial score (nSPS) is 12.4. The van der Waals surface area contributed by atoms with Crippen LogP contribution in [0.15, 0.2) is 67.0 Å². The van der Waals surface area contributed by atoms with Crippen molar-refractivity contribution in [2.24, 2.45) is 0 Å². The zero-order chi connectivity index (χ0) is 18.2. The van der Waals surface area contributed by atoms with E-state index in [1.54, 1.807) is 41.2 Å². The molecule has 2 aromatic carbocycles. The standard InChI is InChI=1S/C18H11F6N/c19-17(20,21)14-9-13(10-15(11-14)18(22,23)24)12-3-5-16(6-4-12)25-7-1-2-8-25/h1-11H. The molecule has 0 saturated heterocycles. The fourth-order valence-electron chi connectivity index (χ4n) is 2.45. The number of hydrogen-bond acceptors (Lipinski definition) is 0. The number of alkyl halides is 6. The van der Waals surface area contributed by atoms with Crippen molar-refractivity contribution in [2.75, 3.05) is 0 Å². The summed E-state index contributed by atoms with van der Waals surface area (Å²) in [5.41, 5.74) is -1.77. The molecule has 1 aromatic heterocycles. The van der Waals surface area contributed by atoms with Crippen LogP contribution in [0.4, 0.5) is 26.3 Å². The van der Waals surface area contributed by atoms with E-state index in [-0.39, 0.29) is 17.2 Å². The Bertz CT molecular complexity index is 826. The molecule has 1 heterocycles. The minimum atomic E-state index is -4.86. The molecule has 0 N–H and O–H groups in total. The van der Waals surface area contributed by atoms with Crippen LogP contribution >= 0.6 is 0 Å². The average molecular weight is 355 g/mol. The van der Waals surface area contributed by atoms with E-state index in [1.807, 2.05) is 0 Å². The van der Waals surface area contributed by atoms with Gasteiger partial charge in [0.05, 0.1) is 11.1 Å². The summed E-state index contributed by atoms with van der Waals surface area (Å²) in [5, 5.41) is 0. The molecule has 0 saturated carbocycles. The first-order valence-corrected chi connectivity index (χ1v) is 7.18. The molecule has 0 aliphatic rings. The third kappa shape index (κ3) is 3.70. The lowest BCUT2D eigenvalue weighted by Crippen LogP contribution is -2.11. The van der Waals surface area contributed by atoms with Crippen molar-refractivity contribution in [2.45, 2.75) is 12.4 Å². The van der Waals surface area contributed by atoms with Crippen LogP contribution in [-0.4, -0.2) is 4.57 Å². The minimum Gasteiger partial charge on any atom is -0.324 e. The van der Waals surface area contributed by atoms with Crippen molar-refractivity contribution in [3.05, 3.63) is 78.1 Å². The highest BCUT2D eigenvalue weighted by atomic mass is 19.4. The third-order valence-corrected chi connectivity index (χ3v) is 3.69. The van der Waals surface area contributed by atoms with Gasteiger partial charge in [0, 0.05) is 18.1 Å². The summed E-state index contributed by atoms with van der Waals surface area (Å²) in [5.74, 6) is 0. The summed E-state index contributed by atoms with van der Waals surface area (Å²) in [6.45, 7) is 0. The topological polar surface area (TPSA) is 4.93 Å². The van der Waals surface area contributed by atoms with Crippen LogP contribution in [0, 0.1) is 0 Å². The van der Waals surface area contributed by atoms with Crippen LogP contribution in [0.3, 0.4) is 0 Å². The third-order valence-electron chi connectivity index (χ3n) is 3.69. The SMILES string of the molecule is FC(F)(F)c1cc(-c2ccc(-n3cccc3)cc2)cc(C(F)(F)F)c1. The van der Waals surface area contributed by atoms with E-state index in [0.29, 0.717) is 0 Å². The summed E-state index contributed by atoms with van der Waals surface area (Å²) < 4.78 is 79.4. The molecule has 0 radical (unpaired) electrons. The second kappa shape index (κ2) is 5.98. The Morgan fingerprint density at radius 2 is 1.08 bits per heavy atom. The monoisotopic (exact) mass is 355 g/mol. The fraction of sp³-hybridized carbons (Fsp3) is 0.111. The Morgan fingerprint density at radius 3 is 1.52 bits per heavy atom. The van der Waals surface area contributed by atoms with Gasteiger partial charge < -0.3 is 4.57 Å². The van der Waals surface area contributed by atoms with Crippen LogP contribution < -0.4 is 0 Å². The molecular formula is C18H11F6N. The van der Waals surface area contributed by atoms with Crippen LogP contribution in [0.2, 0.25) is 0 Å². The molecule has 0 unspecified atom stereocenters. The lowest BCUT2D eigenvalue weighted by molar-refractivity contribution is -0.143. The van der Waals surface area contributed by atoms with E-state index in [1.165, 1.54) is 12.1 Å². The lowest BCUT2D eigenvalue weighted by atomic mass is 9.99. The number of nitrogens with zero attached hydrogens (tertiary/aromatic N) is 1. The molecule has 130 valence electrons. The minimum absolute atomic E-state index is 0.123. The molecule has 0 aliphatic heterocycles. The number of hydrogen-bond donors (Lipinski definition) is 0. The maximum atomic E-state index is 12.9. The van der Waals surface area contributed by atoms with Crippen molar-refractivity contribution >= 4 is 0 Å². The van der Waals surface area contributed by atoms with Crippen molar-refractivity contribution < 1.29 is 26.3 Å². The molecule has 0 bridgehead atoms. The van der Waals surface area contributed by atoms with Gasteiger partial charge in [0.25, 0.3) is 0 Å². The maximum absolute atomic E-state index is 12.9. The summed E-state index contributed by atoms with van der Waals surface area (Å²) in [6.07, 6.45) is -6.16. The van der Waals surface area contributed by atoms with Crippen LogP contribution in [0.25, 0.3) is 16.8 Å². The van der Waals surface area contributed by atoms with E-state index in [0.717, 1.165) is 17.8 Å². The Balaban J connectivity index is 2.07. The zero-order valence-corrected chi connectivity index (χ0v) is 12.6. The first-order chi connectivity index (χ1) is 11.6. The fourth-order valence-corrected chi connectivity index (χ4v) is 2.45. The summed E-state index contributed by atoms with van der Waals surface area (Å²) >= 11 is 0. The van der Waals surface area contributed by atoms with E-state index in [2.05, 4.69) is 0 Å². The highest BCUT2D eigenvalue weighted by molar-refractivity contribution is 5.67. The molecule has 3 rings (SSSR count). The van der Waals surface area contributed by atoms with Crippen LogP contribution in [-0.2, 0) is 12.4 Å². The van der Waals surface area contributed by atoms with Crippen molar-refractivity contribution in [3.8, 4) is 16.8 Å². The first-order valence-electron chi connectivity index (χ1n) is 7.18. The number of halogens is 6. The molecule has 7 heteroatoms. The predicted octanol–water partition coefficient (Wildman–Crippen LogP) is 6.18. The lowest BCUT2D eigenvalue weighted by Gasteiger charge is -2.14. The Morgan fingerprint density at radius 1 is 0.600 bits per heavy atom. The molecule has 1 nitrogen and oxygen atoms in total. The highest BCUT2D eigenvalue weighted by Crippen LogP contribution is 2.38. The zero-order valence-electron chi connectivity index (χ0n) is 12.6. The van der Waals surface area contributed by atoms with Gasteiger partial charge in [-0.05, 0) is 53.6 Å². The molecule has 0 amide bonds. The Kier molecular flexibility index (Phi) is 4.10. The van der Waals surface area contributed by atoms with Gasteiger partial charge in [0.2, 0.25) is 0 Å². The summed E-state index contributed by atoms with van der Waals surface area (Å²) in [4.78, 5) is 0. The smallest absolute Gasteiger partial charge is 0.324 e. The van der Waals surface area contributed by atoms with Gasteiger partial charge in [-0.15, -0.1) is 0 Å². The average Bonchev–Trinajstić information content (AvgIpc) is 3.07. The van der Waals surface area contributed by atoms with Gasteiger partial charge in [-0.2, -0.15) is 26.3 Å². The maximum Gasteiger partial charge on any atom is 0.416 e. The van der Waals surface area contributed by atoms with Crippen molar-refractivity contribution in [1.82, 2.24) is 4.57 Å². The predicted molar refractivity (Wildman–Crippen MR) is 81.2 cm³/mol.